The first-order chi connectivity index (χ1) is 32.2. The van der Waals surface area contributed by atoms with Crippen molar-refractivity contribution in [3.8, 4) is 44.5 Å². The Morgan fingerprint density at radius 3 is 1.52 bits per heavy atom. The molecule has 320 valence electrons. The summed E-state index contributed by atoms with van der Waals surface area (Å²) in [5.74, 6) is 3.04. The zero-order valence-electron chi connectivity index (χ0n) is 38.3. The number of hydrogen-bond acceptors (Lipinski definition) is 2. The number of fused-ring (bicyclic) bond motifs is 12. The van der Waals surface area contributed by atoms with E-state index < -0.39 is 0 Å². The second-order valence-corrected chi connectivity index (χ2v) is 22.1. The maximum atomic E-state index is 6.65. The Labute approximate surface area is 387 Å². The fraction of sp³-hybridized carbons (Fsp3) is 0.250. The summed E-state index contributed by atoms with van der Waals surface area (Å²) in [6.07, 6.45) is 6.83. The highest BCUT2D eigenvalue weighted by Gasteiger charge is 2.61. The molecule has 0 saturated heterocycles. The molecule has 1 aromatic heterocycles. The summed E-state index contributed by atoms with van der Waals surface area (Å²) in [6.45, 7) is 9.64. The van der Waals surface area contributed by atoms with Gasteiger partial charge in [0.25, 0.3) is 0 Å². The van der Waals surface area contributed by atoms with E-state index in [4.69, 9.17) is 4.42 Å². The topological polar surface area (TPSA) is 16.4 Å². The molecule has 16 rings (SSSR count). The Morgan fingerprint density at radius 2 is 0.894 bits per heavy atom. The van der Waals surface area contributed by atoms with E-state index >= 15 is 0 Å². The van der Waals surface area contributed by atoms with Gasteiger partial charge < -0.3 is 9.32 Å². The van der Waals surface area contributed by atoms with Crippen LogP contribution in [-0.2, 0) is 16.2 Å². The average Bonchev–Trinajstić information content (AvgIpc) is 4.00. The van der Waals surface area contributed by atoms with Crippen molar-refractivity contribution >= 4 is 39.0 Å². The van der Waals surface area contributed by atoms with Crippen molar-refractivity contribution in [2.24, 2.45) is 23.7 Å². The second kappa shape index (κ2) is 12.8. The van der Waals surface area contributed by atoms with Gasteiger partial charge in [-0.05, 0) is 177 Å². The molecule has 1 spiro atoms. The van der Waals surface area contributed by atoms with Gasteiger partial charge in [0.15, 0.2) is 0 Å². The van der Waals surface area contributed by atoms with E-state index in [1.165, 1.54) is 127 Å². The van der Waals surface area contributed by atoms with Gasteiger partial charge in [0.05, 0.1) is 0 Å². The molecular formula is C64H53NO. The van der Waals surface area contributed by atoms with Gasteiger partial charge in [0.1, 0.15) is 11.2 Å². The van der Waals surface area contributed by atoms with E-state index in [1.54, 1.807) is 11.1 Å². The Hall–Kier alpha value is -6.64. The van der Waals surface area contributed by atoms with Crippen molar-refractivity contribution in [3.05, 3.63) is 197 Å². The Balaban J connectivity index is 0.947. The summed E-state index contributed by atoms with van der Waals surface area (Å²) >= 11 is 0. The molecule has 4 fully saturated rings. The average molecular weight is 852 g/mol. The third-order valence-electron chi connectivity index (χ3n) is 18.3. The molecule has 0 unspecified atom stereocenters. The molecule has 0 N–H and O–H groups in total. The summed E-state index contributed by atoms with van der Waals surface area (Å²) in [5, 5.41) is 2.36. The van der Waals surface area contributed by atoms with Crippen molar-refractivity contribution in [1.82, 2.24) is 0 Å². The molecule has 66 heavy (non-hydrogen) atoms. The molecule has 0 amide bonds. The lowest BCUT2D eigenvalue weighted by atomic mass is 9.43. The zero-order chi connectivity index (χ0) is 43.8. The Kier molecular flexibility index (Phi) is 7.30. The van der Waals surface area contributed by atoms with Crippen LogP contribution in [0.5, 0.6) is 0 Å². The highest BCUT2D eigenvalue weighted by molar-refractivity contribution is 6.10. The van der Waals surface area contributed by atoms with Gasteiger partial charge >= 0.3 is 0 Å². The van der Waals surface area contributed by atoms with E-state index in [1.807, 2.05) is 0 Å². The van der Waals surface area contributed by atoms with E-state index in [2.05, 4.69) is 196 Å². The lowest BCUT2D eigenvalue weighted by Gasteiger charge is -2.61. The van der Waals surface area contributed by atoms with Crippen LogP contribution in [0.4, 0.5) is 17.1 Å². The van der Waals surface area contributed by atoms with Crippen LogP contribution in [0.2, 0.25) is 0 Å². The van der Waals surface area contributed by atoms with Gasteiger partial charge in [-0.15, -0.1) is 0 Å². The quantitative estimate of drug-likeness (QED) is 0.175. The van der Waals surface area contributed by atoms with Crippen LogP contribution in [0.1, 0.15) is 93.2 Å². The van der Waals surface area contributed by atoms with Crippen LogP contribution in [0.15, 0.2) is 168 Å². The molecule has 0 aliphatic heterocycles. The van der Waals surface area contributed by atoms with Gasteiger partial charge in [-0.3, -0.25) is 0 Å². The molecule has 7 aliphatic carbocycles. The predicted molar refractivity (Wildman–Crippen MR) is 272 cm³/mol. The molecule has 7 aliphatic rings. The van der Waals surface area contributed by atoms with Gasteiger partial charge in [0, 0.05) is 49.6 Å². The summed E-state index contributed by atoms with van der Waals surface area (Å²) in [5.41, 5.74) is 24.9. The highest BCUT2D eigenvalue weighted by atomic mass is 16.3. The number of hydrogen-bond donors (Lipinski definition) is 0. The smallest absolute Gasteiger partial charge is 0.143 e. The Morgan fingerprint density at radius 1 is 0.394 bits per heavy atom. The SMILES string of the molecule is CC1(C)c2ccccc2-c2ccc(N(c3ccc4c(c3)C(C)(C)c3ccccc3-4)c3ccc4c(c3)C3(c5ccc(-c6cccc7c6oc6ccccc67)cc5-4)C4CC5CC(C4)CC3C5)cc21. The molecule has 0 atom stereocenters. The lowest BCUT2D eigenvalue weighted by molar-refractivity contribution is -0.0399. The van der Waals surface area contributed by atoms with Crippen LogP contribution >= 0.6 is 0 Å². The van der Waals surface area contributed by atoms with E-state index in [-0.39, 0.29) is 16.2 Å². The minimum absolute atomic E-state index is 0.00675. The zero-order valence-corrected chi connectivity index (χ0v) is 38.3. The summed E-state index contributed by atoms with van der Waals surface area (Å²) < 4.78 is 6.65. The molecule has 4 saturated carbocycles. The minimum atomic E-state index is -0.108. The van der Waals surface area contributed by atoms with Crippen molar-refractivity contribution in [2.75, 3.05) is 4.90 Å². The molecule has 0 radical (unpaired) electrons. The van der Waals surface area contributed by atoms with Crippen LogP contribution in [0.25, 0.3) is 66.4 Å². The molecule has 2 nitrogen and oxygen atoms in total. The second-order valence-electron chi connectivity index (χ2n) is 22.1. The van der Waals surface area contributed by atoms with E-state index in [0.29, 0.717) is 11.8 Å². The minimum Gasteiger partial charge on any atom is -0.455 e. The number of para-hydroxylation sites is 2. The first-order valence-electron chi connectivity index (χ1n) is 24.7. The van der Waals surface area contributed by atoms with Gasteiger partial charge in [-0.25, -0.2) is 0 Å². The van der Waals surface area contributed by atoms with Crippen LogP contribution in [-0.4, -0.2) is 0 Å². The third-order valence-corrected chi connectivity index (χ3v) is 18.3. The molecule has 4 bridgehead atoms. The Bertz CT molecular complexity index is 3440. The van der Waals surface area contributed by atoms with E-state index in [9.17, 15) is 0 Å². The van der Waals surface area contributed by atoms with Crippen molar-refractivity contribution < 1.29 is 4.42 Å². The number of nitrogens with zero attached hydrogens (tertiary/aromatic N) is 1. The van der Waals surface area contributed by atoms with E-state index in [0.717, 1.165) is 23.0 Å². The first-order valence-corrected chi connectivity index (χ1v) is 24.7. The standard InChI is InChI=1S/C64H53NO/c1-62(2)54-17-8-5-12-46(54)48-24-21-42(34-57(48)62)65(43-22-25-49-47-13-6-9-18-55(47)63(3,4)58(49)35-43)44-23-26-50-53-33-39(45-15-11-16-52-51-14-7-10-19-60(51)66-61(45)52)20-27-56(53)64(59(50)36-44)40-29-37-28-38(31-40)32-41(64)30-37/h5-27,33-38,40-41H,28-32H2,1-4H3. The maximum absolute atomic E-state index is 6.65. The fourth-order valence-electron chi connectivity index (χ4n) is 15.6. The first kappa shape index (κ1) is 37.6. The van der Waals surface area contributed by atoms with Crippen molar-refractivity contribution in [2.45, 2.75) is 76.0 Å². The molecule has 1 heterocycles. The number of anilines is 3. The monoisotopic (exact) mass is 851 g/mol. The van der Waals surface area contributed by atoms with Crippen LogP contribution < -0.4 is 4.90 Å². The third kappa shape index (κ3) is 4.73. The predicted octanol–water partition coefficient (Wildman–Crippen LogP) is 17.1. The number of benzene rings is 8. The number of rotatable bonds is 4. The molecule has 8 aromatic carbocycles. The van der Waals surface area contributed by atoms with Gasteiger partial charge in [0.2, 0.25) is 0 Å². The summed E-state index contributed by atoms with van der Waals surface area (Å²) in [7, 11) is 0. The van der Waals surface area contributed by atoms with Gasteiger partial charge in [-0.2, -0.15) is 0 Å². The summed E-state index contributed by atoms with van der Waals surface area (Å²) in [4.78, 5) is 2.61. The van der Waals surface area contributed by atoms with Crippen molar-refractivity contribution in [1.29, 1.82) is 0 Å². The highest BCUT2D eigenvalue weighted by Crippen LogP contribution is 2.70. The lowest BCUT2D eigenvalue weighted by Crippen LogP contribution is -2.55. The maximum Gasteiger partial charge on any atom is 0.143 e. The normalized spacial score (nSPS) is 23.8. The molecule has 9 aromatic rings. The van der Waals surface area contributed by atoms with Crippen molar-refractivity contribution in [3.63, 3.8) is 0 Å². The summed E-state index contributed by atoms with van der Waals surface area (Å²) in [6, 6.07) is 63.1. The molecule has 2 heteroatoms. The van der Waals surface area contributed by atoms with Gasteiger partial charge in [-0.1, -0.05) is 143 Å². The fourth-order valence-corrected chi connectivity index (χ4v) is 15.6. The van der Waals surface area contributed by atoms with Crippen LogP contribution in [0.3, 0.4) is 0 Å². The largest absolute Gasteiger partial charge is 0.455 e. The molecular weight excluding hydrogens is 799 g/mol. The number of furan rings is 1. The van der Waals surface area contributed by atoms with Crippen LogP contribution in [0, 0.1) is 23.7 Å².